The Hall–Kier alpha value is -3.22. The van der Waals surface area contributed by atoms with Gasteiger partial charge in [0.1, 0.15) is 5.58 Å². The topological polar surface area (TPSA) is 68.5 Å². The Labute approximate surface area is 153 Å². The van der Waals surface area contributed by atoms with E-state index in [4.69, 9.17) is 9.15 Å². The quantitative estimate of drug-likeness (QED) is 0.663. The van der Waals surface area contributed by atoms with Crippen molar-refractivity contribution in [3.05, 3.63) is 65.4 Å². The molecule has 0 aliphatic carbocycles. The fourth-order valence-corrected chi connectivity index (χ4v) is 2.61. The maximum Gasteiger partial charge on any atom is 0.310 e. The van der Waals surface area contributed by atoms with Crippen molar-refractivity contribution in [3.63, 3.8) is 0 Å². The first-order valence-electron chi connectivity index (χ1n) is 8.35. The number of amides is 1. The zero-order valence-corrected chi connectivity index (χ0v) is 14.6. The largest absolute Gasteiger partial charge is 0.464 e. The third kappa shape index (κ3) is 4.49. The van der Waals surface area contributed by atoms with Crippen LogP contribution in [0.25, 0.3) is 11.0 Å². The molecule has 0 aliphatic rings. The standard InChI is InChI=1S/C20H17F2NO4/c1-2-12-3-5-15-13(10-26-18(15)7-12)8-20(25)27-11-19(24)23-14-4-6-16(21)17(22)9-14/h3-7,9-10H,2,8,11H2,1H3,(H,23,24). The highest BCUT2D eigenvalue weighted by Gasteiger charge is 2.14. The Kier molecular flexibility index (Phi) is 5.49. The lowest BCUT2D eigenvalue weighted by Crippen LogP contribution is -2.21. The molecule has 0 bridgehead atoms. The molecule has 27 heavy (non-hydrogen) atoms. The van der Waals surface area contributed by atoms with Crippen molar-refractivity contribution < 1.29 is 27.5 Å². The monoisotopic (exact) mass is 373 g/mol. The first kappa shape index (κ1) is 18.6. The predicted octanol–water partition coefficient (Wildman–Crippen LogP) is 4.00. The molecule has 3 aromatic rings. The average Bonchev–Trinajstić information content (AvgIpc) is 3.05. The van der Waals surface area contributed by atoms with E-state index in [1.165, 1.54) is 12.3 Å². The number of hydrogen-bond donors (Lipinski definition) is 1. The summed E-state index contributed by atoms with van der Waals surface area (Å²) >= 11 is 0. The van der Waals surface area contributed by atoms with Gasteiger partial charge in [-0.3, -0.25) is 9.59 Å². The number of aryl methyl sites for hydroxylation is 1. The van der Waals surface area contributed by atoms with Gasteiger partial charge in [0.15, 0.2) is 18.2 Å². The Morgan fingerprint density at radius 3 is 2.67 bits per heavy atom. The van der Waals surface area contributed by atoms with Crippen LogP contribution in [0.2, 0.25) is 0 Å². The SMILES string of the molecule is CCc1ccc2c(CC(=O)OCC(=O)Nc3ccc(F)c(F)c3)coc2c1. The summed E-state index contributed by atoms with van der Waals surface area (Å²) in [7, 11) is 0. The summed E-state index contributed by atoms with van der Waals surface area (Å²) in [5.74, 6) is -3.35. The number of furan rings is 1. The molecule has 1 N–H and O–H groups in total. The number of ether oxygens (including phenoxy) is 1. The van der Waals surface area contributed by atoms with Gasteiger partial charge in [-0.25, -0.2) is 8.78 Å². The third-order valence-corrected chi connectivity index (χ3v) is 4.03. The van der Waals surface area contributed by atoms with E-state index >= 15 is 0 Å². The van der Waals surface area contributed by atoms with E-state index in [1.54, 1.807) is 0 Å². The summed E-state index contributed by atoms with van der Waals surface area (Å²) in [4.78, 5) is 23.8. The van der Waals surface area contributed by atoms with Crippen LogP contribution < -0.4 is 5.32 Å². The highest BCUT2D eigenvalue weighted by atomic mass is 19.2. The fourth-order valence-electron chi connectivity index (χ4n) is 2.61. The molecule has 3 rings (SSSR count). The fraction of sp³-hybridized carbons (Fsp3) is 0.200. The highest BCUT2D eigenvalue weighted by Crippen LogP contribution is 2.23. The van der Waals surface area contributed by atoms with Crippen molar-refractivity contribution in [1.82, 2.24) is 0 Å². The van der Waals surface area contributed by atoms with Crippen molar-refractivity contribution in [3.8, 4) is 0 Å². The van der Waals surface area contributed by atoms with E-state index in [2.05, 4.69) is 5.32 Å². The molecule has 0 aliphatic heterocycles. The van der Waals surface area contributed by atoms with Gasteiger partial charge in [-0.2, -0.15) is 0 Å². The number of fused-ring (bicyclic) bond motifs is 1. The normalized spacial score (nSPS) is 10.8. The molecular formula is C20H17F2NO4. The van der Waals surface area contributed by atoms with E-state index in [0.717, 1.165) is 29.5 Å². The Bertz CT molecular complexity index is 997. The summed E-state index contributed by atoms with van der Waals surface area (Å²) in [5, 5.41) is 3.14. The molecule has 0 saturated heterocycles. The van der Waals surface area contributed by atoms with Gasteiger partial charge in [-0.1, -0.05) is 19.1 Å². The second-order valence-electron chi connectivity index (χ2n) is 5.96. The van der Waals surface area contributed by atoms with Gasteiger partial charge < -0.3 is 14.5 Å². The second kappa shape index (κ2) is 7.99. The van der Waals surface area contributed by atoms with Gasteiger partial charge in [0.2, 0.25) is 0 Å². The van der Waals surface area contributed by atoms with Crippen molar-refractivity contribution in [1.29, 1.82) is 0 Å². The number of esters is 1. The average molecular weight is 373 g/mol. The van der Waals surface area contributed by atoms with Crippen LogP contribution in [0.5, 0.6) is 0 Å². The number of hydrogen-bond acceptors (Lipinski definition) is 4. The minimum Gasteiger partial charge on any atom is -0.464 e. The molecule has 2 aromatic carbocycles. The van der Waals surface area contributed by atoms with Gasteiger partial charge in [-0.05, 0) is 30.2 Å². The molecule has 0 radical (unpaired) electrons. The van der Waals surface area contributed by atoms with Crippen molar-refractivity contribution in [2.45, 2.75) is 19.8 Å². The van der Waals surface area contributed by atoms with Crippen molar-refractivity contribution in [2.24, 2.45) is 0 Å². The number of carbonyl (C=O) groups is 2. The number of anilines is 1. The number of nitrogens with one attached hydrogen (secondary N) is 1. The Morgan fingerprint density at radius 2 is 1.93 bits per heavy atom. The van der Waals surface area contributed by atoms with Crippen LogP contribution in [-0.2, 0) is 27.2 Å². The first-order valence-corrected chi connectivity index (χ1v) is 8.35. The van der Waals surface area contributed by atoms with Crippen LogP contribution in [0, 0.1) is 11.6 Å². The van der Waals surface area contributed by atoms with E-state index in [1.807, 2.05) is 25.1 Å². The molecule has 0 unspecified atom stereocenters. The molecule has 0 fully saturated rings. The van der Waals surface area contributed by atoms with Gasteiger partial charge in [-0.15, -0.1) is 0 Å². The van der Waals surface area contributed by atoms with Crippen molar-refractivity contribution in [2.75, 3.05) is 11.9 Å². The van der Waals surface area contributed by atoms with E-state index in [-0.39, 0.29) is 12.1 Å². The summed E-state index contributed by atoms with van der Waals surface area (Å²) in [5.41, 5.74) is 2.55. The zero-order chi connectivity index (χ0) is 19.4. The molecule has 0 atom stereocenters. The smallest absolute Gasteiger partial charge is 0.310 e. The first-order chi connectivity index (χ1) is 13.0. The molecule has 7 heteroatoms. The van der Waals surface area contributed by atoms with Gasteiger partial charge >= 0.3 is 5.97 Å². The van der Waals surface area contributed by atoms with Crippen LogP contribution in [0.15, 0.2) is 47.1 Å². The molecule has 5 nitrogen and oxygen atoms in total. The minimum absolute atomic E-state index is 0.0447. The molecule has 140 valence electrons. The van der Waals surface area contributed by atoms with E-state index in [9.17, 15) is 18.4 Å². The van der Waals surface area contributed by atoms with E-state index < -0.39 is 30.1 Å². The molecule has 1 amide bonds. The maximum atomic E-state index is 13.1. The van der Waals surface area contributed by atoms with Gasteiger partial charge in [0.05, 0.1) is 12.7 Å². The summed E-state index contributed by atoms with van der Waals surface area (Å²) < 4.78 is 36.4. The number of halogens is 2. The lowest BCUT2D eigenvalue weighted by Gasteiger charge is -2.07. The third-order valence-electron chi connectivity index (χ3n) is 4.03. The maximum absolute atomic E-state index is 13.1. The van der Waals surface area contributed by atoms with Gasteiger partial charge in [0.25, 0.3) is 5.91 Å². The van der Waals surface area contributed by atoms with Crippen LogP contribution in [0.3, 0.4) is 0 Å². The summed E-state index contributed by atoms with van der Waals surface area (Å²) in [6.07, 6.45) is 2.32. The Morgan fingerprint density at radius 1 is 1.11 bits per heavy atom. The summed E-state index contributed by atoms with van der Waals surface area (Å²) in [6.45, 7) is 1.50. The second-order valence-corrected chi connectivity index (χ2v) is 5.96. The Balaban J connectivity index is 1.55. The number of carbonyl (C=O) groups excluding carboxylic acids is 2. The molecule has 0 spiro atoms. The van der Waals surface area contributed by atoms with Crippen LogP contribution in [-0.4, -0.2) is 18.5 Å². The lowest BCUT2D eigenvalue weighted by molar-refractivity contribution is -0.146. The lowest BCUT2D eigenvalue weighted by atomic mass is 10.1. The van der Waals surface area contributed by atoms with Crippen LogP contribution >= 0.6 is 0 Å². The molecular weight excluding hydrogens is 356 g/mol. The van der Waals surface area contributed by atoms with Gasteiger partial charge in [0, 0.05) is 22.7 Å². The van der Waals surface area contributed by atoms with Crippen molar-refractivity contribution >= 4 is 28.5 Å². The predicted molar refractivity (Wildman–Crippen MR) is 95.2 cm³/mol. The number of rotatable bonds is 6. The van der Waals surface area contributed by atoms with Crippen LogP contribution in [0.1, 0.15) is 18.1 Å². The van der Waals surface area contributed by atoms with Crippen LogP contribution in [0.4, 0.5) is 14.5 Å². The summed E-state index contributed by atoms with van der Waals surface area (Å²) in [6, 6.07) is 8.71. The number of benzene rings is 2. The van der Waals surface area contributed by atoms with E-state index in [0.29, 0.717) is 11.1 Å². The molecule has 0 saturated carbocycles. The zero-order valence-electron chi connectivity index (χ0n) is 14.6. The highest BCUT2D eigenvalue weighted by molar-refractivity contribution is 5.93. The molecule has 1 heterocycles. The molecule has 1 aromatic heterocycles. The minimum atomic E-state index is -1.08.